The van der Waals surface area contributed by atoms with Gasteiger partial charge in [-0.25, -0.2) is 0 Å². The van der Waals surface area contributed by atoms with Gasteiger partial charge in [-0.1, -0.05) is 60.7 Å². The van der Waals surface area contributed by atoms with Crippen LogP contribution in [0.2, 0.25) is 0 Å². The lowest BCUT2D eigenvalue weighted by molar-refractivity contribution is 0.307. The number of ether oxygens (including phenoxy) is 1. The monoisotopic (exact) mass is 351 g/mol. The lowest BCUT2D eigenvalue weighted by Crippen LogP contribution is -1.96. The topological polar surface area (TPSA) is 21.6 Å². The second-order valence-corrected chi connectivity index (χ2v) is 6.54. The summed E-state index contributed by atoms with van der Waals surface area (Å²) in [4.78, 5) is 4.57. The molecule has 0 atom stereocenters. The molecule has 0 heterocycles. The molecule has 2 heteroatoms. The van der Waals surface area contributed by atoms with Crippen molar-refractivity contribution in [1.29, 1.82) is 0 Å². The Morgan fingerprint density at radius 1 is 0.778 bits per heavy atom. The molecule has 0 amide bonds. The van der Waals surface area contributed by atoms with Gasteiger partial charge >= 0.3 is 0 Å². The first-order valence-corrected chi connectivity index (χ1v) is 9.09. The summed E-state index contributed by atoms with van der Waals surface area (Å²) in [5.74, 6) is 0.857. The van der Waals surface area contributed by atoms with Crippen molar-refractivity contribution in [1.82, 2.24) is 0 Å². The van der Waals surface area contributed by atoms with E-state index in [4.69, 9.17) is 4.74 Å². The van der Waals surface area contributed by atoms with Crippen molar-refractivity contribution in [2.45, 2.75) is 13.5 Å². The van der Waals surface area contributed by atoms with E-state index in [1.165, 1.54) is 21.9 Å². The third-order valence-corrected chi connectivity index (χ3v) is 4.62. The van der Waals surface area contributed by atoms with Crippen molar-refractivity contribution in [3.8, 4) is 5.75 Å². The predicted octanol–water partition coefficient (Wildman–Crippen LogP) is 6.48. The van der Waals surface area contributed by atoms with Crippen LogP contribution in [0.1, 0.15) is 16.7 Å². The predicted molar refractivity (Wildman–Crippen MR) is 113 cm³/mol. The molecule has 2 nitrogen and oxygen atoms in total. The maximum absolute atomic E-state index is 5.99. The van der Waals surface area contributed by atoms with E-state index in [0.717, 1.165) is 17.0 Å². The summed E-state index contributed by atoms with van der Waals surface area (Å²) in [6, 6.07) is 30.9. The fraction of sp³-hybridized carbons (Fsp3) is 0.0800. The van der Waals surface area contributed by atoms with Crippen LogP contribution in [0.3, 0.4) is 0 Å². The van der Waals surface area contributed by atoms with Gasteiger partial charge in [0.05, 0.1) is 5.69 Å². The fourth-order valence-corrected chi connectivity index (χ4v) is 3.08. The van der Waals surface area contributed by atoms with Crippen molar-refractivity contribution in [2.24, 2.45) is 4.99 Å². The molecule has 27 heavy (non-hydrogen) atoms. The number of hydrogen-bond acceptors (Lipinski definition) is 2. The molecule has 0 aliphatic rings. The van der Waals surface area contributed by atoms with Gasteiger partial charge in [-0.05, 0) is 64.7 Å². The standard InChI is InChI=1S/C25H21NO/c1-19-7-2-5-12-25(19)26-17-20-13-15-23(16-14-20)27-18-22-10-6-9-21-8-3-4-11-24(21)22/h2-17H,18H2,1H3. The summed E-state index contributed by atoms with van der Waals surface area (Å²) >= 11 is 0. The first-order valence-electron chi connectivity index (χ1n) is 9.09. The minimum Gasteiger partial charge on any atom is -0.489 e. The van der Waals surface area contributed by atoms with E-state index < -0.39 is 0 Å². The zero-order valence-corrected chi connectivity index (χ0v) is 15.3. The smallest absolute Gasteiger partial charge is 0.119 e. The lowest BCUT2D eigenvalue weighted by atomic mass is 10.1. The quantitative estimate of drug-likeness (QED) is 0.377. The highest BCUT2D eigenvalue weighted by atomic mass is 16.5. The van der Waals surface area contributed by atoms with Gasteiger partial charge in [0.25, 0.3) is 0 Å². The molecule has 4 rings (SSSR count). The highest BCUT2D eigenvalue weighted by molar-refractivity contribution is 5.85. The summed E-state index contributed by atoms with van der Waals surface area (Å²) in [6.45, 7) is 2.62. The number of rotatable bonds is 5. The molecule has 0 bridgehead atoms. The van der Waals surface area contributed by atoms with Crippen LogP contribution >= 0.6 is 0 Å². The van der Waals surface area contributed by atoms with Crippen LogP contribution in [0, 0.1) is 6.92 Å². The zero-order valence-electron chi connectivity index (χ0n) is 15.3. The Morgan fingerprint density at radius 3 is 2.37 bits per heavy atom. The number of aliphatic imine (C=N–C) groups is 1. The van der Waals surface area contributed by atoms with E-state index in [-0.39, 0.29) is 0 Å². The van der Waals surface area contributed by atoms with Gasteiger partial charge in [-0.15, -0.1) is 0 Å². The zero-order chi connectivity index (χ0) is 18.5. The number of fused-ring (bicyclic) bond motifs is 1. The molecule has 0 aromatic heterocycles. The third-order valence-electron chi connectivity index (χ3n) is 4.62. The van der Waals surface area contributed by atoms with E-state index in [0.29, 0.717) is 6.61 Å². The van der Waals surface area contributed by atoms with Crippen molar-refractivity contribution in [3.63, 3.8) is 0 Å². The fourth-order valence-electron chi connectivity index (χ4n) is 3.08. The van der Waals surface area contributed by atoms with Gasteiger partial charge in [-0.3, -0.25) is 4.99 Å². The molecule has 0 N–H and O–H groups in total. The Morgan fingerprint density at radius 2 is 1.52 bits per heavy atom. The molecular weight excluding hydrogens is 330 g/mol. The molecule has 0 radical (unpaired) electrons. The number of hydrogen-bond donors (Lipinski definition) is 0. The highest BCUT2D eigenvalue weighted by Crippen LogP contribution is 2.21. The number of nitrogens with zero attached hydrogens (tertiary/aromatic N) is 1. The molecule has 0 fully saturated rings. The Hall–Kier alpha value is -3.39. The summed E-state index contributed by atoms with van der Waals surface area (Å²) in [5, 5.41) is 2.48. The molecule has 0 aliphatic heterocycles. The number of para-hydroxylation sites is 1. The van der Waals surface area contributed by atoms with Crippen LogP contribution in [-0.2, 0) is 6.61 Å². The third kappa shape index (κ3) is 4.06. The molecule has 4 aromatic rings. The minimum absolute atomic E-state index is 0.554. The van der Waals surface area contributed by atoms with E-state index in [1.807, 2.05) is 48.7 Å². The molecule has 132 valence electrons. The van der Waals surface area contributed by atoms with Gasteiger partial charge in [0, 0.05) is 6.21 Å². The van der Waals surface area contributed by atoms with Gasteiger partial charge in [0.15, 0.2) is 0 Å². The molecular formula is C25H21NO. The van der Waals surface area contributed by atoms with Crippen LogP contribution in [0.15, 0.2) is 96.0 Å². The lowest BCUT2D eigenvalue weighted by Gasteiger charge is -2.09. The van der Waals surface area contributed by atoms with Crippen molar-refractivity contribution in [3.05, 3.63) is 108 Å². The van der Waals surface area contributed by atoms with Crippen LogP contribution in [0.25, 0.3) is 10.8 Å². The van der Waals surface area contributed by atoms with Crippen LogP contribution in [0.5, 0.6) is 5.75 Å². The van der Waals surface area contributed by atoms with Crippen molar-refractivity contribution >= 4 is 22.7 Å². The molecule has 0 unspecified atom stereocenters. The minimum atomic E-state index is 0.554. The maximum atomic E-state index is 5.99. The number of aryl methyl sites for hydroxylation is 1. The van der Waals surface area contributed by atoms with Gasteiger partial charge in [0.1, 0.15) is 12.4 Å². The Bertz CT molecular complexity index is 1080. The van der Waals surface area contributed by atoms with Gasteiger partial charge in [-0.2, -0.15) is 0 Å². The Balaban J connectivity index is 1.44. The van der Waals surface area contributed by atoms with E-state index in [1.54, 1.807) is 0 Å². The summed E-state index contributed by atoms with van der Waals surface area (Å²) in [6.07, 6.45) is 1.89. The molecule has 4 aromatic carbocycles. The van der Waals surface area contributed by atoms with Gasteiger partial charge in [0.2, 0.25) is 0 Å². The average Bonchev–Trinajstić information content (AvgIpc) is 2.72. The summed E-state index contributed by atoms with van der Waals surface area (Å²) in [7, 11) is 0. The van der Waals surface area contributed by atoms with E-state index >= 15 is 0 Å². The second kappa shape index (κ2) is 7.88. The first kappa shape index (κ1) is 17.0. The van der Waals surface area contributed by atoms with E-state index in [2.05, 4.69) is 60.4 Å². The number of benzene rings is 4. The van der Waals surface area contributed by atoms with Crippen LogP contribution in [0.4, 0.5) is 5.69 Å². The molecule has 0 spiro atoms. The normalized spacial score (nSPS) is 11.1. The molecule has 0 aliphatic carbocycles. The largest absolute Gasteiger partial charge is 0.489 e. The van der Waals surface area contributed by atoms with Crippen LogP contribution in [-0.4, -0.2) is 6.21 Å². The van der Waals surface area contributed by atoms with Crippen molar-refractivity contribution in [2.75, 3.05) is 0 Å². The van der Waals surface area contributed by atoms with E-state index in [9.17, 15) is 0 Å². The SMILES string of the molecule is Cc1ccccc1N=Cc1ccc(OCc2cccc3ccccc23)cc1. The van der Waals surface area contributed by atoms with Crippen LogP contribution < -0.4 is 4.74 Å². The highest BCUT2D eigenvalue weighted by Gasteiger charge is 2.02. The summed E-state index contributed by atoms with van der Waals surface area (Å²) in [5.41, 5.74) is 4.41. The Kier molecular flexibility index (Phi) is 4.97. The Labute approximate surface area is 159 Å². The molecule has 0 saturated heterocycles. The average molecular weight is 351 g/mol. The first-order chi connectivity index (χ1) is 13.3. The molecule has 0 saturated carbocycles. The van der Waals surface area contributed by atoms with Crippen molar-refractivity contribution < 1.29 is 4.74 Å². The summed E-state index contributed by atoms with van der Waals surface area (Å²) < 4.78 is 5.99. The second-order valence-electron chi connectivity index (χ2n) is 6.54. The van der Waals surface area contributed by atoms with Gasteiger partial charge < -0.3 is 4.74 Å². The maximum Gasteiger partial charge on any atom is 0.119 e.